The average Bonchev–Trinajstić information content (AvgIpc) is 2.38. The van der Waals surface area contributed by atoms with Gasteiger partial charge in [0.25, 0.3) is 10.0 Å². The molecule has 1 aromatic heterocycles. The normalized spacial score (nSPS) is 11.3. The van der Waals surface area contributed by atoms with Crippen molar-refractivity contribution in [2.24, 2.45) is 5.73 Å². The third kappa shape index (κ3) is 3.15. The Morgan fingerprint density at radius 3 is 2.50 bits per heavy atom. The zero-order valence-electron chi connectivity index (χ0n) is 11.4. The molecule has 6 heteroatoms. The largest absolute Gasteiger partial charge is 0.326 e. The molecular formula is C14H17N3O2S. The molecule has 1 aromatic carbocycles. The minimum Gasteiger partial charge on any atom is -0.326 e. The van der Waals surface area contributed by atoms with Crippen molar-refractivity contribution in [1.29, 1.82) is 0 Å². The van der Waals surface area contributed by atoms with Crippen LogP contribution in [0.5, 0.6) is 0 Å². The molecular weight excluding hydrogens is 274 g/mol. The van der Waals surface area contributed by atoms with Gasteiger partial charge in [0.1, 0.15) is 5.82 Å². The quantitative estimate of drug-likeness (QED) is 0.901. The highest BCUT2D eigenvalue weighted by atomic mass is 32.2. The molecule has 0 saturated carbocycles. The summed E-state index contributed by atoms with van der Waals surface area (Å²) >= 11 is 0. The maximum atomic E-state index is 12.3. The molecule has 0 fully saturated rings. The smallest absolute Gasteiger partial charge is 0.263 e. The summed E-state index contributed by atoms with van der Waals surface area (Å²) in [5, 5.41) is 0. The van der Waals surface area contributed by atoms with Gasteiger partial charge in [-0.05, 0) is 37.1 Å². The van der Waals surface area contributed by atoms with Crippen molar-refractivity contribution in [1.82, 2.24) is 4.98 Å². The highest BCUT2D eigenvalue weighted by Gasteiger charge is 2.17. The number of rotatable bonds is 4. The first-order chi connectivity index (χ1) is 9.42. The molecule has 0 atom stereocenters. The van der Waals surface area contributed by atoms with Crippen LogP contribution >= 0.6 is 0 Å². The van der Waals surface area contributed by atoms with Crippen LogP contribution in [0.3, 0.4) is 0 Å². The van der Waals surface area contributed by atoms with Gasteiger partial charge in [0.15, 0.2) is 0 Å². The van der Waals surface area contributed by atoms with Crippen molar-refractivity contribution < 1.29 is 8.42 Å². The Labute approximate surface area is 118 Å². The summed E-state index contributed by atoms with van der Waals surface area (Å²) in [6, 6.07) is 8.55. The number of aromatic nitrogens is 1. The lowest BCUT2D eigenvalue weighted by Crippen LogP contribution is -2.15. The summed E-state index contributed by atoms with van der Waals surface area (Å²) in [5.74, 6) is 0.280. The molecule has 5 nitrogen and oxygen atoms in total. The molecule has 1 heterocycles. The van der Waals surface area contributed by atoms with Crippen LogP contribution in [-0.4, -0.2) is 13.4 Å². The lowest BCUT2D eigenvalue weighted by molar-refractivity contribution is 0.600. The minimum atomic E-state index is -3.62. The summed E-state index contributed by atoms with van der Waals surface area (Å²) in [6.45, 7) is 4.06. The molecule has 0 aliphatic heterocycles. The van der Waals surface area contributed by atoms with Gasteiger partial charge >= 0.3 is 0 Å². The van der Waals surface area contributed by atoms with Gasteiger partial charge in [0.2, 0.25) is 0 Å². The van der Waals surface area contributed by atoms with Crippen molar-refractivity contribution in [3.63, 3.8) is 0 Å². The van der Waals surface area contributed by atoms with Gasteiger partial charge in [-0.3, -0.25) is 4.72 Å². The summed E-state index contributed by atoms with van der Waals surface area (Å²) in [7, 11) is -3.62. The van der Waals surface area contributed by atoms with Crippen LogP contribution in [0, 0.1) is 13.8 Å². The van der Waals surface area contributed by atoms with Gasteiger partial charge in [-0.15, -0.1) is 0 Å². The van der Waals surface area contributed by atoms with E-state index in [1.807, 2.05) is 13.0 Å². The molecule has 0 amide bonds. The first-order valence-corrected chi connectivity index (χ1v) is 7.66. The zero-order chi connectivity index (χ0) is 14.8. The van der Waals surface area contributed by atoms with E-state index in [0.29, 0.717) is 12.1 Å². The molecule has 0 spiro atoms. The predicted molar refractivity (Wildman–Crippen MR) is 78.9 cm³/mol. The van der Waals surface area contributed by atoms with Gasteiger partial charge in [-0.25, -0.2) is 13.4 Å². The number of benzene rings is 1. The summed E-state index contributed by atoms with van der Waals surface area (Å²) in [4.78, 5) is 4.29. The second-order valence-electron chi connectivity index (χ2n) is 4.63. The fourth-order valence-electron chi connectivity index (χ4n) is 1.90. The highest BCUT2D eigenvalue weighted by Crippen LogP contribution is 2.19. The number of nitrogens with zero attached hydrogens (tertiary/aromatic N) is 1. The lowest BCUT2D eigenvalue weighted by atomic mass is 10.2. The second kappa shape index (κ2) is 5.60. The lowest BCUT2D eigenvalue weighted by Gasteiger charge is -2.10. The third-order valence-corrected chi connectivity index (χ3v) is 4.43. The maximum absolute atomic E-state index is 12.3. The van der Waals surface area contributed by atoms with Gasteiger partial charge in [-0.2, -0.15) is 0 Å². The summed E-state index contributed by atoms with van der Waals surface area (Å²) in [5.41, 5.74) is 8.05. The molecule has 0 aliphatic rings. The van der Waals surface area contributed by atoms with Gasteiger partial charge < -0.3 is 5.73 Å². The van der Waals surface area contributed by atoms with Crippen LogP contribution < -0.4 is 10.5 Å². The number of nitrogens with one attached hydrogen (secondary N) is 1. The SMILES string of the molecule is Cc1ccc(S(=O)(=O)Nc2ccc(CN)cn2)c(C)c1. The van der Waals surface area contributed by atoms with Crippen LogP contribution in [0.25, 0.3) is 0 Å². The molecule has 0 unspecified atom stereocenters. The molecule has 0 saturated heterocycles. The van der Waals surface area contributed by atoms with Crippen LogP contribution in [0.2, 0.25) is 0 Å². The van der Waals surface area contributed by atoms with Crippen molar-refractivity contribution in [3.05, 3.63) is 53.2 Å². The van der Waals surface area contributed by atoms with E-state index in [-0.39, 0.29) is 10.7 Å². The third-order valence-electron chi connectivity index (χ3n) is 2.92. The minimum absolute atomic E-state index is 0.257. The molecule has 106 valence electrons. The Morgan fingerprint density at radius 2 is 1.95 bits per heavy atom. The second-order valence-corrected chi connectivity index (χ2v) is 6.28. The Bertz CT molecular complexity index is 710. The van der Waals surface area contributed by atoms with E-state index in [0.717, 1.165) is 11.1 Å². The van der Waals surface area contributed by atoms with Crippen molar-refractivity contribution >= 4 is 15.8 Å². The van der Waals surface area contributed by atoms with E-state index in [4.69, 9.17) is 5.73 Å². The van der Waals surface area contributed by atoms with Gasteiger partial charge in [0, 0.05) is 12.7 Å². The summed E-state index contributed by atoms with van der Waals surface area (Å²) in [6.07, 6.45) is 1.56. The van der Waals surface area contributed by atoms with Crippen molar-refractivity contribution in [3.8, 4) is 0 Å². The van der Waals surface area contributed by atoms with E-state index >= 15 is 0 Å². The number of hydrogen-bond acceptors (Lipinski definition) is 4. The Balaban J connectivity index is 2.30. The van der Waals surface area contributed by atoms with Crippen molar-refractivity contribution in [2.45, 2.75) is 25.3 Å². The van der Waals surface area contributed by atoms with Crippen molar-refractivity contribution in [2.75, 3.05) is 4.72 Å². The van der Waals surface area contributed by atoms with Crippen LogP contribution in [0.1, 0.15) is 16.7 Å². The van der Waals surface area contributed by atoms with E-state index in [1.165, 1.54) is 0 Å². The van der Waals surface area contributed by atoms with Gasteiger partial charge in [-0.1, -0.05) is 23.8 Å². The predicted octanol–water partition coefficient (Wildman–Crippen LogP) is 1.96. The molecule has 0 aliphatic carbocycles. The number of nitrogens with two attached hydrogens (primary N) is 1. The maximum Gasteiger partial charge on any atom is 0.263 e. The standard InChI is InChI=1S/C14H17N3O2S/c1-10-3-5-13(11(2)7-10)20(18,19)17-14-6-4-12(8-15)9-16-14/h3-7,9H,8,15H2,1-2H3,(H,16,17). The van der Waals surface area contributed by atoms with Crippen LogP contribution in [0.15, 0.2) is 41.4 Å². The molecule has 20 heavy (non-hydrogen) atoms. The first-order valence-electron chi connectivity index (χ1n) is 6.17. The zero-order valence-corrected chi connectivity index (χ0v) is 12.2. The first kappa shape index (κ1) is 14.5. The number of anilines is 1. The van der Waals surface area contributed by atoms with E-state index in [1.54, 1.807) is 37.4 Å². The number of pyridine rings is 1. The van der Waals surface area contributed by atoms with E-state index in [2.05, 4.69) is 9.71 Å². The summed E-state index contributed by atoms with van der Waals surface area (Å²) < 4.78 is 27.1. The topological polar surface area (TPSA) is 85.1 Å². The Morgan fingerprint density at radius 1 is 1.20 bits per heavy atom. The van der Waals surface area contributed by atoms with Crippen LogP contribution in [0.4, 0.5) is 5.82 Å². The Hall–Kier alpha value is -1.92. The van der Waals surface area contributed by atoms with Crippen LogP contribution in [-0.2, 0) is 16.6 Å². The number of hydrogen-bond donors (Lipinski definition) is 2. The fourth-order valence-corrected chi connectivity index (χ4v) is 3.14. The molecule has 2 rings (SSSR count). The number of aryl methyl sites for hydroxylation is 2. The van der Waals surface area contributed by atoms with E-state index in [9.17, 15) is 8.42 Å². The molecule has 2 aromatic rings. The average molecular weight is 291 g/mol. The Kier molecular flexibility index (Phi) is 4.06. The highest BCUT2D eigenvalue weighted by molar-refractivity contribution is 7.92. The monoisotopic (exact) mass is 291 g/mol. The molecule has 0 bridgehead atoms. The fraction of sp³-hybridized carbons (Fsp3) is 0.214. The molecule has 0 radical (unpaired) electrons. The molecule has 3 N–H and O–H groups in total. The van der Waals surface area contributed by atoms with E-state index < -0.39 is 10.0 Å². The van der Waals surface area contributed by atoms with Gasteiger partial charge in [0.05, 0.1) is 4.90 Å². The number of sulfonamides is 1.